The van der Waals surface area contributed by atoms with E-state index >= 15 is 0 Å². The molecule has 0 amide bonds. The zero-order valence-corrected chi connectivity index (χ0v) is 8.40. The molecule has 80 valence electrons. The highest BCUT2D eigenvalue weighted by molar-refractivity contribution is 5.82. The summed E-state index contributed by atoms with van der Waals surface area (Å²) >= 11 is 0. The molecule has 0 spiro atoms. The van der Waals surface area contributed by atoms with Gasteiger partial charge in [-0.15, -0.1) is 0 Å². The van der Waals surface area contributed by atoms with Crippen molar-refractivity contribution >= 4 is 5.57 Å². The van der Waals surface area contributed by atoms with Crippen LogP contribution in [-0.4, -0.2) is 16.6 Å². The Kier molecular flexibility index (Phi) is 1.99. The minimum Gasteiger partial charge on any atom is -0.486 e. The van der Waals surface area contributed by atoms with Crippen molar-refractivity contribution in [1.82, 2.24) is 9.97 Å². The zero-order valence-electron chi connectivity index (χ0n) is 8.40. The average Bonchev–Trinajstić information content (AvgIpc) is 2.82. The van der Waals surface area contributed by atoms with Gasteiger partial charge in [-0.25, -0.2) is 9.37 Å². The summed E-state index contributed by atoms with van der Waals surface area (Å²) in [5.41, 5.74) is 2.56. The number of H-pyrrole nitrogens is 1. The van der Waals surface area contributed by atoms with E-state index in [0.717, 1.165) is 16.8 Å². The number of imidazole rings is 1. The normalized spacial score (nSPS) is 13.9. The number of ether oxygens (including phenoxy) is 1. The lowest BCUT2D eigenvalue weighted by molar-refractivity contribution is 0.336. The highest BCUT2D eigenvalue weighted by Crippen LogP contribution is 2.34. The Bertz CT molecular complexity index is 546. The molecule has 1 aromatic heterocycles. The van der Waals surface area contributed by atoms with Crippen LogP contribution in [0.4, 0.5) is 4.39 Å². The van der Waals surface area contributed by atoms with E-state index in [0.29, 0.717) is 12.4 Å². The lowest BCUT2D eigenvalue weighted by Gasteiger charge is -2.18. The number of nitrogens with zero attached hydrogens (tertiary/aromatic N) is 1. The van der Waals surface area contributed by atoms with Gasteiger partial charge in [-0.3, -0.25) is 0 Å². The first kappa shape index (κ1) is 9.15. The van der Waals surface area contributed by atoms with E-state index in [1.54, 1.807) is 18.6 Å². The highest BCUT2D eigenvalue weighted by Gasteiger charge is 2.18. The van der Waals surface area contributed by atoms with E-state index in [9.17, 15) is 4.39 Å². The maximum absolute atomic E-state index is 13.5. The largest absolute Gasteiger partial charge is 0.486 e. The molecule has 1 N–H and O–H groups in total. The van der Waals surface area contributed by atoms with Gasteiger partial charge in [0.1, 0.15) is 6.61 Å². The Morgan fingerprint density at radius 1 is 1.38 bits per heavy atom. The van der Waals surface area contributed by atoms with Crippen molar-refractivity contribution in [3.8, 4) is 5.75 Å². The second kappa shape index (κ2) is 3.48. The van der Waals surface area contributed by atoms with Gasteiger partial charge in [-0.1, -0.05) is 12.1 Å². The number of halogens is 1. The molecule has 1 aromatic carbocycles. The smallest absolute Gasteiger partial charge is 0.165 e. The second-order valence-corrected chi connectivity index (χ2v) is 3.51. The Morgan fingerprint density at radius 2 is 2.31 bits per heavy atom. The van der Waals surface area contributed by atoms with Crippen molar-refractivity contribution in [1.29, 1.82) is 0 Å². The first-order valence-corrected chi connectivity index (χ1v) is 4.97. The van der Waals surface area contributed by atoms with Crippen LogP contribution in [0.2, 0.25) is 0 Å². The predicted octanol–water partition coefficient (Wildman–Crippen LogP) is 2.37. The van der Waals surface area contributed by atoms with Gasteiger partial charge in [0.05, 0.1) is 18.2 Å². The fourth-order valence-corrected chi connectivity index (χ4v) is 1.84. The SMILES string of the molecule is Fc1cccc2c1OCC=C2c1cnc[nH]1. The number of nitrogens with one attached hydrogen (secondary N) is 1. The topological polar surface area (TPSA) is 37.9 Å². The lowest BCUT2D eigenvalue weighted by atomic mass is 10.00. The fourth-order valence-electron chi connectivity index (χ4n) is 1.84. The van der Waals surface area contributed by atoms with Gasteiger partial charge in [-0.2, -0.15) is 0 Å². The van der Waals surface area contributed by atoms with Crippen LogP contribution in [0.15, 0.2) is 36.8 Å². The van der Waals surface area contributed by atoms with Crippen molar-refractivity contribution in [3.63, 3.8) is 0 Å². The third kappa shape index (κ3) is 1.31. The van der Waals surface area contributed by atoms with Crippen molar-refractivity contribution in [2.45, 2.75) is 0 Å². The molecule has 16 heavy (non-hydrogen) atoms. The molecule has 3 rings (SSSR count). The van der Waals surface area contributed by atoms with Gasteiger partial charge in [0.2, 0.25) is 0 Å². The molecule has 0 unspecified atom stereocenters. The molecule has 3 nitrogen and oxygen atoms in total. The van der Waals surface area contributed by atoms with Gasteiger partial charge >= 0.3 is 0 Å². The second-order valence-electron chi connectivity index (χ2n) is 3.51. The molecule has 4 heteroatoms. The number of para-hydroxylation sites is 1. The molecule has 1 aliphatic heterocycles. The van der Waals surface area contributed by atoms with Crippen molar-refractivity contribution < 1.29 is 9.13 Å². The molecule has 0 saturated heterocycles. The van der Waals surface area contributed by atoms with E-state index in [-0.39, 0.29) is 5.82 Å². The van der Waals surface area contributed by atoms with E-state index in [2.05, 4.69) is 9.97 Å². The Balaban J connectivity index is 2.17. The molecule has 1 aliphatic rings. The molecule has 0 saturated carbocycles. The molecular weight excluding hydrogens is 207 g/mol. The first-order valence-electron chi connectivity index (χ1n) is 4.97. The number of hydrogen-bond donors (Lipinski definition) is 1. The number of rotatable bonds is 1. The quantitative estimate of drug-likeness (QED) is 0.794. The van der Waals surface area contributed by atoms with Crippen LogP contribution in [0.5, 0.6) is 5.75 Å². The summed E-state index contributed by atoms with van der Waals surface area (Å²) in [5.74, 6) is -0.0165. The van der Waals surface area contributed by atoms with E-state index in [1.807, 2.05) is 12.1 Å². The third-order valence-electron chi connectivity index (χ3n) is 2.56. The number of benzene rings is 1. The van der Waals surface area contributed by atoms with Gasteiger partial charge < -0.3 is 9.72 Å². The summed E-state index contributed by atoms with van der Waals surface area (Å²) in [6, 6.07) is 4.91. The molecule has 0 aliphatic carbocycles. The zero-order chi connectivity index (χ0) is 11.0. The maximum Gasteiger partial charge on any atom is 0.165 e. The number of fused-ring (bicyclic) bond motifs is 1. The Hall–Kier alpha value is -2.10. The highest BCUT2D eigenvalue weighted by atomic mass is 19.1. The van der Waals surface area contributed by atoms with Crippen LogP contribution < -0.4 is 4.74 Å². The van der Waals surface area contributed by atoms with Crippen LogP contribution >= 0.6 is 0 Å². The minimum absolute atomic E-state index is 0.314. The number of aromatic amines is 1. The maximum atomic E-state index is 13.5. The summed E-state index contributed by atoms with van der Waals surface area (Å²) in [6.07, 6.45) is 5.23. The van der Waals surface area contributed by atoms with E-state index in [4.69, 9.17) is 4.74 Å². The molecule has 0 radical (unpaired) electrons. The Labute approximate surface area is 91.6 Å². The lowest BCUT2D eigenvalue weighted by Crippen LogP contribution is -2.07. The van der Waals surface area contributed by atoms with Crippen molar-refractivity contribution in [2.24, 2.45) is 0 Å². The summed E-state index contributed by atoms with van der Waals surface area (Å²) in [4.78, 5) is 6.97. The van der Waals surface area contributed by atoms with Crippen LogP contribution in [0.25, 0.3) is 5.57 Å². The minimum atomic E-state index is -0.331. The van der Waals surface area contributed by atoms with Crippen LogP contribution in [0, 0.1) is 5.82 Å². The summed E-state index contributed by atoms with van der Waals surface area (Å²) in [6.45, 7) is 0.377. The predicted molar refractivity (Wildman–Crippen MR) is 57.6 cm³/mol. The number of aromatic nitrogens is 2. The molecule has 0 atom stereocenters. The Morgan fingerprint density at radius 3 is 3.12 bits per heavy atom. The summed E-state index contributed by atoms with van der Waals surface area (Å²) < 4.78 is 18.8. The summed E-state index contributed by atoms with van der Waals surface area (Å²) in [7, 11) is 0. The van der Waals surface area contributed by atoms with Gasteiger partial charge in [0, 0.05) is 11.1 Å². The molecule has 2 heterocycles. The van der Waals surface area contributed by atoms with Gasteiger partial charge in [0.15, 0.2) is 11.6 Å². The summed E-state index contributed by atoms with van der Waals surface area (Å²) in [5, 5.41) is 0. The van der Waals surface area contributed by atoms with Crippen LogP contribution in [0.3, 0.4) is 0 Å². The third-order valence-corrected chi connectivity index (χ3v) is 2.56. The standard InChI is InChI=1S/C12H9FN2O/c13-10-3-1-2-9-8(4-5-16-12(9)10)11-6-14-7-15-11/h1-4,6-7H,5H2,(H,14,15). The molecular formula is C12H9FN2O. The molecule has 0 bridgehead atoms. The molecule has 2 aromatic rings. The van der Waals surface area contributed by atoms with E-state index in [1.165, 1.54) is 6.07 Å². The van der Waals surface area contributed by atoms with Crippen LogP contribution in [0.1, 0.15) is 11.3 Å². The van der Waals surface area contributed by atoms with Crippen molar-refractivity contribution in [3.05, 3.63) is 53.9 Å². The molecule has 0 fully saturated rings. The monoisotopic (exact) mass is 216 g/mol. The van der Waals surface area contributed by atoms with Gasteiger partial charge in [-0.05, 0) is 12.1 Å². The fraction of sp³-hybridized carbons (Fsp3) is 0.0833. The average molecular weight is 216 g/mol. The first-order chi connectivity index (χ1) is 7.86. The van der Waals surface area contributed by atoms with Crippen molar-refractivity contribution in [2.75, 3.05) is 6.61 Å². The number of hydrogen-bond acceptors (Lipinski definition) is 2. The van der Waals surface area contributed by atoms with E-state index < -0.39 is 0 Å². The van der Waals surface area contributed by atoms with Crippen LogP contribution in [-0.2, 0) is 0 Å². The van der Waals surface area contributed by atoms with Gasteiger partial charge in [0.25, 0.3) is 0 Å².